The van der Waals surface area contributed by atoms with Gasteiger partial charge in [0.15, 0.2) is 0 Å². The standard InChI is InChI=1S/C12H22N2/c1-5-11-9-14(10(3)4)8-7-12(11)13-6-2/h5,10H,6-9H2,1-4H3/b11-5-,13-12?. The molecule has 14 heavy (non-hydrogen) atoms. The van der Waals surface area contributed by atoms with E-state index in [1.807, 2.05) is 0 Å². The number of piperidine rings is 1. The molecule has 0 aromatic rings. The molecule has 1 saturated heterocycles. The molecule has 0 N–H and O–H groups in total. The zero-order chi connectivity index (χ0) is 10.6. The summed E-state index contributed by atoms with van der Waals surface area (Å²) in [5.41, 5.74) is 2.75. The van der Waals surface area contributed by atoms with Crippen molar-refractivity contribution in [3.8, 4) is 0 Å². The first-order chi connectivity index (χ1) is 6.69. The maximum Gasteiger partial charge on any atom is 0.0402 e. The molecule has 0 amide bonds. The third kappa shape index (κ3) is 2.68. The van der Waals surface area contributed by atoms with Crippen LogP contribution in [0.3, 0.4) is 0 Å². The number of aliphatic imine (C=N–C) groups is 1. The molecule has 0 radical (unpaired) electrons. The van der Waals surface area contributed by atoms with Gasteiger partial charge in [0.25, 0.3) is 0 Å². The maximum atomic E-state index is 4.55. The van der Waals surface area contributed by atoms with Gasteiger partial charge in [0.2, 0.25) is 0 Å². The molecular formula is C12H22N2. The Balaban J connectivity index is 2.70. The van der Waals surface area contributed by atoms with E-state index in [1.165, 1.54) is 11.3 Å². The molecule has 0 unspecified atom stereocenters. The van der Waals surface area contributed by atoms with Gasteiger partial charge < -0.3 is 0 Å². The molecule has 0 spiro atoms. The summed E-state index contributed by atoms with van der Waals surface area (Å²) < 4.78 is 0. The highest BCUT2D eigenvalue weighted by molar-refractivity contribution is 6.01. The van der Waals surface area contributed by atoms with Crippen molar-refractivity contribution < 1.29 is 0 Å². The smallest absolute Gasteiger partial charge is 0.0402 e. The third-order valence-electron chi connectivity index (χ3n) is 2.81. The van der Waals surface area contributed by atoms with Gasteiger partial charge in [-0.05, 0) is 33.3 Å². The predicted octanol–water partition coefficient (Wildman–Crippen LogP) is 2.51. The summed E-state index contributed by atoms with van der Waals surface area (Å²) >= 11 is 0. The average molecular weight is 194 g/mol. The normalized spacial score (nSPS) is 25.2. The van der Waals surface area contributed by atoms with Crippen molar-refractivity contribution in [2.45, 2.75) is 40.2 Å². The number of likely N-dealkylation sites (tertiary alicyclic amines) is 1. The summed E-state index contributed by atoms with van der Waals surface area (Å²) in [6, 6.07) is 0.646. The maximum absolute atomic E-state index is 4.55. The Hall–Kier alpha value is -0.630. The fourth-order valence-corrected chi connectivity index (χ4v) is 1.87. The Labute approximate surface area is 87.7 Å². The molecule has 0 saturated carbocycles. The molecule has 0 atom stereocenters. The summed E-state index contributed by atoms with van der Waals surface area (Å²) in [4.78, 5) is 7.06. The molecular weight excluding hydrogens is 172 g/mol. The minimum atomic E-state index is 0.646. The van der Waals surface area contributed by atoms with Crippen LogP contribution in [0.4, 0.5) is 0 Å². The first-order valence-electron chi connectivity index (χ1n) is 5.62. The zero-order valence-corrected chi connectivity index (χ0v) is 9.88. The topological polar surface area (TPSA) is 15.6 Å². The van der Waals surface area contributed by atoms with Crippen LogP contribution in [0.1, 0.15) is 34.1 Å². The van der Waals surface area contributed by atoms with E-state index in [4.69, 9.17) is 0 Å². The number of nitrogens with zero attached hydrogens (tertiary/aromatic N) is 2. The van der Waals surface area contributed by atoms with Crippen LogP contribution in [0, 0.1) is 0 Å². The van der Waals surface area contributed by atoms with Crippen molar-refractivity contribution in [1.82, 2.24) is 4.90 Å². The van der Waals surface area contributed by atoms with E-state index in [9.17, 15) is 0 Å². The van der Waals surface area contributed by atoms with Crippen LogP contribution in [0.15, 0.2) is 16.6 Å². The Bertz CT molecular complexity index is 239. The second-order valence-electron chi connectivity index (χ2n) is 4.05. The molecule has 0 bridgehead atoms. The second kappa shape index (κ2) is 5.30. The third-order valence-corrected chi connectivity index (χ3v) is 2.81. The highest BCUT2D eigenvalue weighted by Gasteiger charge is 2.20. The van der Waals surface area contributed by atoms with Crippen LogP contribution in [0.25, 0.3) is 0 Å². The van der Waals surface area contributed by atoms with E-state index in [0.717, 1.165) is 26.1 Å². The summed E-state index contributed by atoms with van der Waals surface area (Å²) in [6.07, 6.45) is 3.33. The van der Waals surface area contributed by atoms with Gasteiger partial charge in [-0.25, -0.2) is 0 Å². The lowest BCUT2D eigenvalue weighted by Crippen LogP contribution is -2.40. The number of allylic oxidation sites excluding steroid dienone is 1. The van der Waals surface area contributed by atoms with Crippen molar-refractivity contribution in [1.29, 1.82) is 0 Å². The molecule has 0 aromatic carbocycles. The Morgan fingerprint density at radius 2 is 2.21 bits per heavy atom. The van der Waals surface area contributed by atoms with E-state index in [2.05, 4.69) is 43.7 Å². The number of rotatable bonds is 2. The Kier molecular flexibility index (Phi) is 4.33. The quantitative estimate of drug-likeness (QED) is 0.659. The van der Waals surface area contributed by atoms with E-state index < -0.39 is 0 Å². The van der Waals surface area contributed by atoms with Gasteiger partial charge in [-0.1, -0.05) is 6.08 Å². The largest absolute Gasteiger partial charge is 0.296 e. The molecule has 1 fully saturated rings. The van der Waals surface area contributed by atoms with Gasteiger partial charge in [-0.3, -0.25) is 9.89 Å². The van der Waals surface area contributed by atoms with Gasteiger partial charge in [-0.15, -0.1) is 0 Å². The van der Waals surface area contributed by atoms with Crippen molar-refractivity contribution in [3.63, 3.8) is 0 Å². The fourth-order valence-electron chi connectivity index (χ4n) is 1.87. The summed E-state index contributed by atoms with van der Waals surface area (Å²) in [6.45, 7) is 11.9. The Morgan fingerprint density at radius 1 is 1.50 bits per heavy atom. The SMILES string of the molecule is C/C=C1/CN(C(C)C)CCC1=NCC. The number of hydrogen-bond acceptors (Lipinski definition) is 2. The fraction of sp³-hybridized carbons (Fsp3) is 0.750. The van der Waals surface area contributed by atoms with Gasteiger partial charge in [0, 0.05) is 37.8 Å². The van der Waals surface area contributed by atoms with Gasteiger partial charge in [0.05, 0.1) is 0 Å². The van der Waals surface area contributed by atoms with Crippen LogP contribution >= 0.6 is 0 Å². The number of hydrogen-bond donors (Lipinski definition) is 0. The monoisotopic (exact) mass is 194 g/mol. The lowest BCUT2D eigenvalue weighted by Gasteiger charge is -2.32. The minimum absolute atomic E-state index is 0.646. The molecule has 0 aromatic heterocycles. The molecule has 1 aliphatic rings. The Morgan fingerprint density at radius 3 is 2.71 bits per heavy atom. The zero-order valence-electron chi connectivity index (χ0n) is 9.88. The van der Waals surface area contributed by atoms with Crippen molar-refractivity contribution in [3.05, 3.63) is 11.6 Å². The predicted molar refractivity (Wildman–Crippen MR) is 63.1 cm³/mol. The van der Waals surface area contributed by atoms with Crippen molar-refractivity contribution in [2.24, 2.45) is 4.99 Å². The summed E-state index contributed by atoms with van der Waals surface area (Å²) in [7, 11) is 0. The van der Waals surface area contributed by atoms with Gasteiger partial charge >= 0.3 is 0 Å². The van der Waals surface area contributed by atoms with Gasteiger partial charge in [-0.2, -0.15) is 0 Å². The lowest BCUT2D eigenvalue weighted by molar-refractivity contribution is 0.242. The van der Waals surface area contributed by atoms with Crippen LogP contribution in [-0.2, 0) is 0 Å². The first kappa shape index (κ1) is 11.4. The highest BCUT2D eigenvalue weighted by atomic mass is 15.2. The molecule has 1 rings (SSSR count). The molecule has 1 aliphatic heterocycles. The first-order valence-corrected chi connectivity index (χ1v) is 5.62. The summed E-state index contributed by atoms with van der Waals surface area (Å²) in [5, 5.41) is 0. The van der Waals surface area contributed by atoms with Crippen LogP contribution in [-0.4, -0.2) is 36.3 Å². The van der Waals surface area contributed by atoms with Crippen LogP contribution in [0.5, 0.6) is 0 Å². The van der Waals surface area contributed by atoms with E-state index >= 15 is 0 Å². The molecule has 0 aliphatic carbocycles. The van der Waals surface area contributed by atoms with Crippen LogP contribution < -0.4 is 0 Å². The summed E-state index contributed by atoms with van der Waals surface area (Å²) in [5.74, 6) is 0. The van der Waals surface area contributed by atoms with E-state index in [0.29, 0.717) is 6.04 Å². The van der Waals surface area contributed by atoms with Crippen molar-refractivity contribution in [2.75, 3.05) is 19.6 Å². The average Bonchev–Trinajstić information content (AvgIpc) is 2.18. The van der Waals surface area contributed by atoms with Crippen LogP contribution in [0.2, 0.25) is 0 Å². The van der Waals surface area contributed by atoms with Crippen molar-refractivity contribution >= 4 is 5.71 Å². The molecule has 2 heteroatoms. The lowest BCUT2D eigenvalue weighted by atomic mass is 10.0. The van der Waals surface area contributed by atoms with E-state index in [-0.39, 0.29) is 0 Å². The molecule has 2 nitrogen and oxygen atoms in total. The highest BCUT2D eigenvalue weighted by Crippen LogP contribution is 2.15. The second-order valence-corrected chi connectivity index (χ2v) is 4.05. The molecule has 80 valence electrons. The molecule has 1 heterocycles. The van der Waals surface area contributed by atoms with E-state index in [1.54, 1.807) is 0 Å². The van der Waals surface area contributed by atoms with Gasteiger partial charge in [0.1, 0.15) is 0 Å². The minimum Gasteiger partial charge on any atom is -0.296 e.